The number of hydrogen-bond donors (Lipinski definition) is 1. The normalized spacial score (nSPS) is 10.7. The van der Waals surface area contributed by atoms with Crippen molar-refractivity contribution < 1.29 is 4.79 Å². The molecule has 0 fully saturated rings. The van der Waals surface area contributed by atoms with Gasteiger partial charge >= 0.3 is 0 Å². The van der Waals surface area contributed by atoms with Gasteiger partial charge < -0.3 is 5.73 Å². The van der Waals surface area contributed by atoms with E-state index in [1.165, 1.54) is 6.20 Å². The van der Waals surface area contributed by atoms with Gasteiger partial charge in [-0.3, -0.25) is 4.79 Å². The number of aromatic nitrogens is 2. The molecule has 0 spiro atoms. The van der Waals surface area contributed by atoms with Gasteiger partial charge in [-0.2, -0.15) is 5.10 Å². The summed E-state index contributed by atoms with van der Waals surface area (Å²) in [5.74, 6) is 0.179. The molecule has 0 saturated heterocycles. The molecule has 6 heteroatoms. The zero-order chi connectivity index (χ0) is 16.6. The molecule has 0 aliphatic heterocycles. The first kappa shape index (κ1) is 16.0. The lowest BCUT2D eigenvalue weighted by Gasteiger charge is -2.09. The largest absolute Gasteiger partial charge is 0.383 e. The zero-order valence-corrected chi connectivity index (χ0v) is 15.2. The molecule has 0 amide bonds. The molecule has 0 aliphatic rings. The van der Waals surface area contributed by atoms with E-state index < -0.39 is 0 Å². The van der Waals surface area contributed by atoms with Crippen molar-refractivity contribution in [1.82, 2.24) is 9.78 Å². The zero-order valence-electron chi connectivity index (χ0n) is 12.3. The lowest BCUT2D eigenvalue weighted by atomic mass is 10.1. The summed E-state index contributed by atoms with van der Waals surface area (Å²) < 4.78 is 2.56. The van der Waals surface area contributed by atoms with Crippen molar-refractivity contribution >= 4 is 45.8 Å². The lowest BCUT2D eigenvalue weighted by Crippen LogP contribution is -2.08. The maximum Gasteiger partial charge on any atom is 0.198 e. The Labute approximate surface area is 152 Å². The van der Waals surface area contributed by atoms with E-state index in [0.717, 1.165) is 14.8 Å². The summed E-state index contributed by atoms with van der Waals surface area (Å²) in [6.45, 7) is 1.92. The lowest BCUT2D eigenvalue weighted by molar-refractivity contribution is 0.103. The van der Waals surface area contributed by atoms with Crippen LogP contribution < -0.4 is 5.73 Å². The summed E-state index contributed by atoms with van der Waals surface area (Å²) >= 11 is 8.15. The summed E-state index contributed by atoms with van der Waals surface area (Å²) in [5, 5.41) is 4.92. The molecule has 4 nitrogen and oxygen atoms in total. The number of benzene rings is 2. The number of aryl methyl sites for hydroxylation is 1. The number of nitrogen functional groups attached to an aromatic ring is 1. The van der Waals surface area contributed by atoms with Crippen LogP contribution in [0.2, 0.25) is 5.02 Å². The second-order valence-electron chi connectivity index (χ2n) is 5.13. The molecule has 0 bridgehead atoms. The van der Waals surface area contributed by atoms with Gasteiger partial charge in [0.05, 0.1) is 17.4 Å². The molecule has 1 heterocycles. The summed E-state index contributed by atoms with van der Waals surface area (Å²) in [6, 6.07) is 12.8. The maximum absolute atomic E-state index is 12.6. The third kappa shape index (κ3) is 3.11. The monoisotopic (exact) mass is 437 g/mol. The molecule has 2 aromatic carbocycles. The van der Waals surface area contributed by atoms with Gasteiger partial charge in [-0.05, 0) is 65.4 Å². The minimum absolute atomic E-state index is 0.140. The summed E-state index contributed by atoms with van der Waals surface area (Å²) in [7, 11) is 0. The van der Waals surface area contributed by atoms with Crippen molar-refractivity contribution in [3.05, 3.63) is 73.9 Å². The Morgan fingerprint density at radius 3 is 2.74 bits per heavy atom. The highest BCUT2D eigenvalue weighted by molar-refractivity contribution is 14.1. The number of carbonyl (C=O) groups is 1. The molecule has 0 aliphatic carbocycles. The van der Waals surface area contributed by atoms with E-state index in [1.54, 1.807) is 16.8 Å². The second-order valence-corrected chi connectivity index (χ2v) is 6.81. The Morgan fingerprint density at radius 2 is 2.04 bits per heavy atom. The minimum Gasteiger partial charge on any atom is -0.383 e. The van der Waals surface area contributed by atoms with E-state index in [0.29, 0.717) is 22.0 Å². The second kappa shape index (κ2) is 6.33. The molecular formula is C17H13ClIN3O. The van der Waals surface area contributed by atoms with Crippen LogP contribution in [0.3, 0.4) is 0 Å². The van der Waals surface area contributed by atoms with Gasteiger partial charge in [-0.15, -0.1) is 0 Å². The van der Waals surface area contributed by atoms with E-state index in [2.05, 4.69) is 27.7 Å². The Balaban J connectivity index is 2.04. The minimum atomic E-state index is -0.140. The van der Waals surface area contributed by atoms with Gasteiger partial charge in [-0.25, -0.2) is 4.68 Å². The van der Waals surface area contributed by atoms with E-state index in [-0.39, 0.29) is 5.78 Å². The van der Waals surface area contributed by atoms with Crippen LogP contribution in [0, 0.1) is 10.5 Å². The number of nitrogens with zero attached hydrogens (tertiary/aromatic N) is 2. The summed E-state index contributed by atoms with van der Waals surface area (Å²) in [5.41, 5.74) is 8.88. The number of anilines is 1. The fourth-order valence-corrected chi connectivity index (χ4v) is 3.14. The molecule has 0 saturated carbocycles. The van der Waals surface area contributed by atoms with Crippen molar-refractivity contribution in [2.75, 3.05) is 5.73 Å². The maximum atomic E-state index is 12.6. The van der Waals surface area contributed by atoms with Gasteiger partial charge in [0, 0.05) is 14.2 Å². The first-order valence-electron chi connectivity index (χ1n) is 6.87. The van der Waals surface area contributed by atoms with Gasteiger partial charge in [0.15, 0.2) is 5.78 Å². The van der Waals surface area contributed by atoms with Crippen LogP contribution in [0.25, 0.3) is 5.69 Å². The quantitative estimate of drug-likeness (QED) is 0.492. The number of ketones is 1. The number of carbonyl (C=O) groups excluding carboxylic acids is 1. The topological polar surface area (TPSA) is 60.9 Å². The van der Waals surface area contributed by atoms with Crippen molar-refractivity contribution in [2.24, 2.45) is 0 Å². The number of rotatable bonds is 3. The van der Waals surface area contributed by atoms with E-state index in [4.69, 9.17) is 17.3 Å². The highest BCUT2D eigenvalue weighted by Crippen LogP contribution is 2.24. The predicted molar refractivity (Wildman–Crippen MR) is 100 cm³/mol. The van der Waals surface area contributed by atoms with E-state index >= 15 is 0 Å². The summed E-state index contributed by atoms with van der Waals surface area (Å²) in [4.78, 5) is 12.6. The van der Waals surface area contributed by atoms with Crippen LogP contribution in [0.1, 0.15) is 21.5 Å². The molecule has 3 aromatic rings. The fraction of sp³-hybridized carbons (Fsp3) is 0.0588. The summed E-state index contributed by atoms with van der Waals surface area (Å²) in [6.07, 6.45) is 1.51. The third-order valence-corrected chi connectivity index (χ3v) is 4.43. The van der Waals surface area contributed by atoms with Gasteiger partial charge in [0.25, 0.3) is 0 Å². The Morgan fingerprint density at radius 1 is 1.26 bits per heavy atom. The SMILES string of the molecule is Cc1cc(Cl)ccc1-n1ncc(C(=O)c2cccc(I)c2)c1N. The number of halogens is 2. The van der Waals surface area contributed by atoms with Crippen LogP contribution >= 0.6 is 34.2 Å². The molecule has 0 unspecified atom stereocenters. The fourth-order valence-electron chi connectivity index (χ4n) is 2.37. The van der Waals surface area contributed by atoms with Crippen LogP contribution in [-0.4, -0.2) is 15.6 Å². The average Bonchev–Trinajstić information content (AvgIpc) is 2.88. The van der Waals surface area contributed by atoms with Crippen LogP contribution in [0.15, 0.2) is 48.7 Å². The number of nitrogens with two attached hydrogens (primary N) is 1. The molecule has 116 valence electrons. The Bertz CT molecular complexity index is 905. The van der Waals surface area contributed by atoms with Crippen molar-refractivity contribution in [3.63, 3.8) is 0 Å². The Kier molecular flexibility index (Phi) is 4.41. The molecule has 1 aromatic heterocycles. The molecule has 0 radical (unpaired) electrons. The van der Waals surface area contributed by atoms with E-state index in [9.17, 15) is 4.79 Å². The van der Waals surface area contributed by atoms with Crippen molar-refractivity contribution in [1.29, 1.82) is 0 Å². The van der Waals surface area contributed by atoms with Crippen molar-refractivity contribution in [3.8, 4) is 5.69 Å². The molecule has 23 heavy (non-hydrogen) atoms. The highest BCUT2D eigenvalue weighted by Gasteiger charge is 2.18. The average molecular weight is 438 g/mol. The van der Waals surface area contributed by atoms with Crippen LogP contribution in [-0.2, 0) is 0 Å². The Hall–Kier alpha value is -1.86. The van der Waals surface area contributed by atoms with Gasteiger partial charge in [-0.1, -0.05) is 23.7 Å². The third-order valence-electron chi connectivity index (χ3n) is 3.52. The van der Waals surface area contributed by atoms with Crippen LogP contribution in [0.5, 0.6) is 0 Å². The molecule has 0 atom stereocenters. The molecular weight excluding hydrogens is 425 g/mol. The first-order chi connectivity index (χ1) is 11.0. The molecule has 3 rings (SSSR count). The van der Waals surface area contributed by atoms with Gasteiger partial charge in [0.1, 0.15) is 5.82 Å². The smallest absolute Gasteiger partial charge is 0.198 e. The van der Waals surface area contributed by atoms with Gasteiger partial charge in [0.2, 0.25) is 0 Å². The van der Waals surface area contributed by atoms with Crippen molar-refractivity contribution in [2.45, 2.75) is 6.92 Å². The molecule has 2 N–H and O–H groups in total. The number of hydrogen-bond acceptors (Lipinski definition) is 3. The highest BCUT2D eigenvalue weighted by atomic mass is 127. The van der Waals surface area contributed by atoms with E-state index in [1.807, 2.05) is 37.3 Å². The predicted octanol–water partition coefficient (Wildman–Crippen LogP) is 4.25. The standard InChI is InChI=1S/C17H13ClIN3O/c1-10-7-12(18)5-6-15(10)22-17(20)14(9-21-22)16(23)11-3-2-4-13(19)8-11/h2-9H,20H2,1H3. The van der Waals surface area contributed by atoms with Crippen LogP contribution in [0.4, 0.5) is 5.82 Å². The first-order valence-corrected chi connectivity index (χ1v) is 8.33.